The van der Waals surface area contributed by atoms with Crippen LogP contribution in [0.4, 0.5) is 8.78 Å². The van der Waals surface area contributed by atoms with Crippen molar-refractivity contribution in [2.45, 2.75) is 25.8 Å². The first kappa shape index (κ1) is 12.3. The van der Waals surface area contributed by atoms with Gasteiger partial charge < -0.3 is 10.1 Å². The molecule has 0 heterocycles. The van der Waals surface area contributed by atoms with Gasteiger partial charge in [0.05, 0.1) is 6.61 Å². The lowest BCUT2D eigenvalue weighted by Crippen LogP contribution is -2.26. The van der Waals surface area contributed by atoms with Gasteiger partial charge in [-0.1, -0.05) is 6.92 Å². The van der Waals surface area contributed by atoms with Gasteiger partial charge in [0.2, 0.25) is 0 Å². The van der Waals surface area contributed by atoms with Gasteiger partial charge in [-0.3, -0.25) is 0 Å². The van der Waals surface area contributed by atoms with Crippen LogP contribution >= 0.6 is 0 Å². The molecular weight excluding hydrogens is 224 g/mol. The standard InChI is InChI=1S/C13H17F2NO/c1-9(7-16-11-3-4-11)8-17-13-6-10(14)2-5-12(13)15/h2,5-6,9,11,16H,3-4,7-8H2,1H3. The summed E-state index contributed by atoms with van der Waals surface area (Å²) < 4.78 is 31.4. The number of nitrogens with one attached hydrogen (secondary N) is 1. The van der Waals surface area contributed by atoms with E-state index < -0.39 is 11.6 Å². The average molecular weight is 241 g/mol. The third-order valence-corrected chi connectivity index (χ3v) is 2.75. The molecule has 1 saturated carbocycles. The molecule has 1 aromatic carbocycles. The van der Waals surface area contributed by atoms with E-state index >= 15 is 0 Å². The molecule has 2 nitrogen and oxygen atoms in total. The first-order valence-electron chi connectivity index (χ1n) is 5.96. The van der Waals surface area contributed by atoms with Crippen molar-refractivity contribution in [1.29, 1.82) is 0 Å². The highest BCUT2D eigenvalue weighted by atomic mass is 19.1. The summed E-state index contributed by atoms with van der Waals surface area (Å²) in [5.74, 6) is -0.736. The lowest BCUT2D eigenvalue weighted by Gasteiger charge is -2.14. The minimum Gasteiger partial charge on any atom is -0.490 e. The Balaban J connectivity index is 1.77. The van der Waals surface area contributed by atoms with Crippen molar-refractivity contribution in [3.05, 3.63) is 29.8 Å². The van der Waals surface area contributed by atoms with Crippen molar-refractivity contribution >= 4 is 0 Å². The molecule has 1 fully saturated rings. The van der Waals surface area contributed by atoms with E-state index in [1.807, 2.05) is 6.92 Å². The van der Waals surface area contributed by atoms with Crippen molar-refractivity contribution in [1.82, 2.24) is 5.32 Å². The molecule has 0 saturated heterocycles. The first-order valence-corrected chi connectivity index (χ1v) is 5.96. The van der Waals surface area contributed by atoms with Crippen LogP contribution in [0.1, 0.15) is 19.8 Å². The van der Waals surface area contributed by atoms with Gasteiger partial charge >= 0.3 is 0 Å². The second-order valence-corrected chi connectivity index (χ2v) is 4.67. The first-order chi connectivity index (χ1) is 8.15. The Morgan fingerprint density at radius 1 is 1.41 bits per heavy atom. The lowest BCUT2D eigenvalue weighted by molar-refractivity contribution is 0.244. The largest absolute Gasteiger partial charge is 0.490 e. The molecule has 1 atom stereocenters. The van der Waals surface area contributed by atoms with E-state index in [2.05, 4.69) is 5.32 Å². The molecule has 94 valence electrons. The van der Waals surface area contributed by atoms with Crippen molar-refractivity contribution in [2.24, 2.45) is 5.92 Å². The molecule has 0 aliphatic heterocycles. The Hall–Kier alpha value is -1.16. The normalized spacial score (nSPS) is 16.9. The summed E-state index contributed by atoms with van der Waals surface area (Å²) in [5.41, 5.74) is 0. The minimum atomic E-state index is -0.520. The Labute approximate surface area is 100.0 Å². The molecule has 2 rings (SSSR count). The molecule has 1 unspecified atom stereocenters. The molecule has 1 aromatic rings. The smallest absolute Gasteiger partial charge is 0.165 e. The van der Waals surface area contributed by atoms with Crippen LogP contribution in [0, 0.1) is 17.6 Å². The fraction of sp³-hybridized carbons (Fsp3) is 0.538. The van der Waals surface area contributed by atoms with Gasteiger partial charge in [-0.05, 0) is 25.0 Å². The van der Waals surface area contributed by atoms with Crippen LogP contribution in [0.25, 0.3) is 0 Å². The van der Waals surface area contributed by atoms with Crippen LogP contribution in [0.15, 0.2) is 18.2 Å². The summed E-state index contributed by atoms with van der Waals surface area (Å²) in [5, 5.41) is 3.37. The van der Waals surface area contributed by atoms with E-state index in [0.29, 0.717) is 12.6 Å². The zero-order valence-electron chi connectivity index (χ0n) is 9.88. The fourth-order valence-corrected chi connectivity index (χ4v) is 1.53. The predicted octanol–water partition coefficient (Wildman–Crippen LogP) is 2.73. The Morgan fingerprint density at radius 2 is 2.18 bits per heavy atom. The van der Waals surface area contributed by atoms with Gasteiger partial charge in [-0.2, -0.15) is 0 Å². The minimum absolute atomic E-state index is 0.0109. The van der Waals surface area contributed by atoms with Gasteiger partial charge in [0.25, 0.3) is 0 Å². The van der Waals surface area contributed by atoms with Crippen molar-refractivity contribution < 1.29 is 13.5 Å². The number of halogens is 2. The highest BCUT2D eigenvalue weighted by Crippen LogP contribution is 2.20. The maximum absolute atomic E-state index is 13.2. The monoisotopic (exact) mass is 241 g/mol. The maximum atomic E-state index is 13.2. The second kappa shape index (κ2) is 5.45. The topological polar surface area (TPSA) is 21.3 Å². The van der Waals surface area contributed by atoms with Gasteiger partial charge in [0.15, 0.2) is 11.6 Å². The molecule has 0 spiro atoms. The molecule has 17 heavy (non-hydrogen) atoms. The molecular formula is C13H17F2NO. The quantitative estimate of drug-likeness (QED) is 0.826. The van der Waals surface area contributed by atoms with Crippen LogP contribution in [-0.2, 0) is 0 Å². The second-order valence-electron chi connectivity index (χ2n) is 4.67. The summed E-state index contributed by atoms with van der Waals surface area (Å²) in [6.45, 7) is 3.26. The zero-order valence-corrected chi connectivity index (χ0v) is 9.88. The number of hydrogen-bond donors (Lipinski definition) is 1. The summed E-state index contributed by atoms with van der Waals surface area (Å²) in [7, 11) is 0. The van der Waals surface area contributed by atoms with E-state index in [1.54, 1.807) is 0 Å². The molecule has 0 bridgehead atoms. The molecule has 1 aliphatic rings. The number of hydrogen-bond acceptors (Lipinski definition) is 2. The van der Waals surface area contributed by atoms with Crippen molar-refractivity contribution in [3.63, 3.8) is 0 Å². The summed E-state index contributed by atoms with van der Waals surface area (Å²) >= 11 is 0. The zero-order chi connectivity index (χ0) is 12.3. The van der Waals surface area contributed by atoms with Crippen LogP contribution < -0.4 is 10.1 Å². The maximum Gasteiger partial charge on any atom is 0.165 e. The number of rotatable bonds is 6. The summed E-state index contributed by atoms with van der Waals surface area (Å²) in [6, 6.07) is 3.90. The van der Waals surface area contributed by atoms with E-state index in [4.69, 9.17) is 4.74 Å². The third-order valence-electron chi connectivity index (χ3n) is 2.75. The fourth-order valence-electron chi connectivity index (χ4n) is 1.53. The number of benzene rings is 1. The highest BCUT2D eigenvalue weighted by molar-refractivity contribution is 5.24. The average Bonchev–Trinajstić information content (AvgIpc) is 3.11. The Morgan fingerprint density at radius 3 is 2.88 bits per heavy atom. The molecule has 1 aliphatic carbocycles. The van der Waals surface area contributed by atoms with Crippen LogP contribution in [0.3, 0.4) is 0 Å². The lowest BCUT2D eigenvalue weighted by atomic mass is 10.2. The molecule has 0 radical (unpaired) electrons. The van der Waals surface area contributed by atoms with Crippen LogP contribution in [0.2, 0.25) is 0 Å². The van der Waals surface area contributed by atoms with Gasteiger partial charge in [0.1, 0.15) is 5.82 Å². The van der Waals surface area contributed by atoms with E-state index in [9.17, 15) is 8.78 Å². The van der Waals surface area contributed by atoms with E-state index in [-0.39, 0.29) is 11.7 Å². The predicted molar refractivity (Wildman–Crippen MR) is 62.0 cm³/mol. The number of ether oxygens (including phenoxy) is 1. The Bertz CT molecular complexity index is 380. The van der Waals surface area contributed by atoms with Crippen molar-refractivity contribution in [3.8, 4) is 5.75 Å². The van der Waals surface area contributed by atoms with Crippen LogP contribution in [0.5, 0.6) is 5.75 Å². The molecule has 4 heteroatoms. The SMILES string of the molecule is CC(CNC1CC1)COc1cc(F)ccc1F. The molecule has 1 N–H and O–H groups in total. The summed E-state index contributed by atoms with van der Waals surface area (Å²) in [6.07, 6.45) is 2.48. The van der Waals surface area contributed by atoms with E-state index in [0.717, 1.165) is 24.7 Å². The molecule has 0 aromatic heterocycles. The summed E-state index contributed by atoms with van der Waals surface area (Å²) in [4.78, 5) is 0. The van der Waals surface area contributed by atoms with E-state index in [1.165, 1.54) is 12.8 Å². The Kier molecular flexibility index (Phi) is 3.94. The van der Waals surface area contributed by atoms with Gasteiger partial charge in [-0.15, -0.1) is 0 Å². The van der Waals surface area contributed by atoms with Gasteiger partial charge in [0, 0.05) is 24.6 Å². The van der Waals surface area contributed by atoms with Crippen LogP contribution in [-0.4, -0.2) is 19.2 Å². The highest BCUT2D eigenvalue weighted by Gasteiger charge is 2.21. The third kappa shape index (κ3) is 3.97. The van der Waals surface area contributed by atoms with Gasteiger partial charge in [-0.25, -0.2) is 8.78 Å². The molecule has 0 amide bonds. The van der Waals surface area contributed by atoms with Crippen molar-refractivity contribution in [2.75, 3.05) is 13.2 Å².